The van der Waals surface area contributed by atoms with E-state index in [1.165, 1.54) is 6.42 Å². The molecule has 1 saturated carbocycles. The first-order valence-corrected chi connectivity index (χ1v) is 6.02. The molecule has 3 atom stereocenters. The molecule has 0 aromatic carbocycles. The molecular formula is C12H21N3O. The zero-order chi connectivity index (χ0) is 12.0. The van der Waals surface area contributed by atoms with E-state index < -0.39 is 0 Å². The molecule has 0 spiro atoms. The third kappa shape index (κ3) is 3.82. The van der Waals surface area contributed by atoms with E-state index in [0.29, 0.717) is 31.5 Å². The van der Waals surface area contributed by atoms with Crippen LogP contribution in [-0.2, 0) is 4.79 Å². The second-order valence-corrected chi connectivity index (χ2v) is 4.66. The summed E-state index contributed by atoms with van der Waals surface area (Å²) >= 11 is 0. The van der Waals surface area contributed by atoms with E-state index >= 15 is 0 Å². The van der Waals surface area contributed by atoms with Crippen molar-refractivity contribution in [2.75, 3.05) is 13.1 Å². The maximum atomic E-state index is 11.4. The van der Waals surface area contributed by atoms with Crippen LogP contribution in [0.5, 0.6) is 0 Å². The summed E-state index contributed by atoms with van der Waals surface area (Å²) in [6.07, 6.45) is 2.78. The van der Waals surface area contributed by atoms with Gasteiger partial charge in [-0.15, -0.1) is 0 Å². The Labute approximate surface area is 97.4 Å². The van der Waals surface area contributed by atoms with Crippen LogP contribution in [0.2, 0.25) is 0 Å². The fraction of sp³-hybridized carbons (Fsp3) is 0.833. The highest BCUT2D eigenvalue weighted by Gasteiger charge is 2.29. The van der Waals surface area contributed by atoms with E-state index in [0.717, 1.165) is 12.3 Å². The Balaban J connectivity index is 2.15. The number of nitriles is 1. The van der Waals surface area contributed by atoms with Crippen molar-refractivity contribution in [2.45, 2.75) is 39.2 Å². The molecular weight excluding hydrogens is 202 g/mol. The first kappa shape index (κ1) is 13.0. The maximum Gasteiger partial charge on any atom is 0.233 e. The van der Waals surface area contributed by atoms with Crippen LogP contribution in [0.25, 0.3) is 0 Å². The van der Waals surface area contributed by atoms with Gasteiger partial charge in [-0.1, -0.05) is 13.8 Å². The van der Waals surface area contributed by atoms with E-state index in [2.05, 4.69) is 24.5 Å². The molecule has 1 aliphatic rings. The van der Waals surface area contributed by atoms with Gasteiger partial charge in [0.25, 0.3) is 0 Å². The van der Waals surface area contributed by atoms with Gasteiger partial charge in [-0.3, -0.25) is 4.79 Å². The average Bonchev–Trinajstić information content (AvgIpc) is 2.58. The minimum atomic E-state index is -0.0120. The van der Waals surface area contributed by atoms with Gasteiger partial charge in [-0.25, -0.2) is 0 Å². The van der Waals surface area contributed by atoms with Crippen LogP contribution in [0.1, 0.15) is 33.1 Å². The Hall–Kier alpha value is -1.08. The number of amides is 1. The van der Waals surface area contributed by atoms with Gasteiger partial charge in [0.05, 0.1) is 19.0 Å². The second kappa shape index (κ2) is 6.49. The summed E-state index contributed by atoms with van der Waals surface area (Å²) in [5.41, 5.74) is 0. The summed E-state index contributed by atoms with van der Waals surface area (Å²) in [7, 11) is 0. The van der Waals surface area contributed by atoms with Crippen LogP contribution in [0.15, 0.2) is 0 Å². The van der Waals surface area contributed by atoms with E-state index in [9.17, 15) is 4.79 Å². The average molecular weight is 223 g/mol. The normalized spacial score (nSPS) is 28.7. The summed E-state index contributed by atoms with van der Waals surface area (Å²) in [4.78, 5) is 11.4. The Morgan fingerprint density at radius 3 is 2.75 bits per heavy atom. The Morgan fingerprint density at radius 2 is 2.19 bits per heavy atom. The predicted molar refractivity (Wildman–Crippen MR) is 62.6 cm³/mol. The van der Waals surface area contributed by atoms with Crippen molar-refractivity contribution in [1.29, 1.82) is 5.26 Å². The molecule has 90 valence electrons. The highest BCUT2D eigenvalue weighted by Crippen LogP contribution is 2.30. The highest BCUT2D eigenvalue weighted by atomic mass is 16.1. The molecule has 2 N–H and O–H groups in total. The molecule has 0 aromatic rings. The minimum Gasteiger partial charge on any atom is -0.354 e. The van der Waals surface area contributed by atoms with Crippen molar-refractivity contribution in [3.63, 3.8) is 0 Å². The molecule has 1 rings (SSSR count). The molecule has 0 aromatic heterocycles. The van der Waals surface area contributed by atoms with Gasteiger partial charge in [-0.05, 0) is 24.7 Å². The number of nitrogens with one attached hydrogen (secondary N) is 2. The number of hydrogen-bond donors (Lipinski definition) is 2. The third-order valence-corrected chi connectivity index (χ3v) is 3.55. The monoisotopic (exact) mass is 223 g/mol. The molecule has 0 heterocycles. The molecule has 4 heteroatoms. The molecule has 1 fully saturated rings. The van der Waals surface area contributed by atoms with E-state index in [1.54, 1.807) is 0 Å². The van der Waals surface area contributed by atoms with E-state index in [1.807, 2.05) is 6.07 Å². The van der Waals surface area contributed by atoms with Crippen LogP contribution in [-0.4, -0.2) is 25.0 Å². The third-order valence-electron chi connectivity index (χ3n) is 3.55. The van der Waals surface area contributed by atoms with Gasteiger partial charge >= 0.3 is 0 Å². The topological polar surface area (TPSA) is 64.9 Å². The summed E-state index contributed by atoms with van der Waals surface area (Å²) in [6.45, 7) is 5.32. The lowest BCUT2D eigenvalue weighted by Crippen LogP contribution is -2.40. The highest BCUT2D eigenvalue weighted by molar-refractivity contribution is 5.78. The molecule has 4 nitrogen and oxygen atoms in total. The molecule has 0 bridgehead atoms. The Bertz CT molecular complexity index is 272. The standard InChI is InChI=1S/C12H21N3O/c1-9-4-5-11(10(9)2)15-8-12(16)14-7-3-6-13/h9-11,15H,3-5,7-8H2,1-2H3,(H,14,16). The first-order valence-electron chi connectivity index (χ1n) is 6.02. The lowest BCUT2D eigenvalue weighted by Gasteiger charge is -2.19. The summed E-state index contributed by atoms with van der Waals surface area (Å²) in [5.74, 6) is 1.38. The molecule has 0 radical (unpaired) electrons. The summed E-state index contributed by atoms with van der Waals surface area (Å²) in [5, 5.41) is 14.3. The summed E-state index contributed by atoms with van der Waals surface area (Å²) < 4.78 is 0. The quantitative estimate of drug-likeness (QED) is 0.684. The molecule has 1 aliphatic carbocycles. The molecule has 0 aliphatic heterocycles. The van der Waals surface area contributed by atoms with Crippen molar-refractivity contribution in [2.24, 2.45) is 11.8 Å². The lowest BCUT2D eigenvalue weighted by atomic mass is 9.98. The van der Waals surface area contributed by atoms with Crippen LogP contribution >= 0.6 is 0 Å². The van der Waals surface area contributed by atoms with E-state index in [-0.39, 0.29) is 5.91 Å². The van der Waals surface area contributed by atoms with E-state index in [4.69, 9.17) is 5.26 Å². The van der Waals surface area contributed by atoms with Crippen molar-refractivity contribution < 1.29 is 4.79 Å². The SMILES string of the molecule is CC1CCC(NCC(=O)NCCC#N)C1C. The number of nitrogens with zero attached hydrogens (tertiary/aromatic N) is 1. The van der Waals surface area contributed by atoms with Gasteiger partial charge < -0.3 is 10.6 Å². The van der Waals surface area contributed by atoms with Gasteiger partial charge in [-0.2, -0.15) is 5.26 Å². The van der Waals surface area contributed by atoms with Gasteiger partial charge in [0.2, 0.25) is 5.91 Å². The maximum absolute atomic E-state index is 11.4. The van der Waals surface area contributed by atoms with Gasteiger partial charge in [0.15, 0.2) is 0 Å². The summed E-state index contributed by atoms with van der Waals surface area (Å²) in [6, 6.07) is 2.47. The van der Waals surface area contributed by atoms with Crippen LogP contribution in [0, 0.1) is 23.2 Å². The Morgan fingerprint density at radius 1 is 1.44 bits per heavy atom. The second-order valence-electron chi connectivity index (χ2n) is 4.66. The number of carbonyl (C=O) groups is 1. The predicted octanol–water partition coefficient (Wildman–Crippen LogP) is 1.04. The molecule has 3 unspecified atom stereocenters. The molecule has 1 amide bonds. The van der Waals surface area contributed by atoms with Crippen LogP contribution in [0.3, 0.4) is 0 Å². The van der Waals surface area contributed by atoms with Gasteiger partial charge in [0, 0.05) is 12.6 Å². The number of carbonyl (C=O) groups excluding carboxylic acids is 1. The number of hydrogen-bond acceptors (Lipinski definition) is 3. The number of rotatable bonds is 5. The Kier molecular flexibility index (Phi) is 5.27. The van der Waals surface area contributed by atoms with Crippen LogP contribution < -0.4 is 10.6 Å². The van der Waals surface area contributed by atoms with Crippen molar-refractivity contribution in [3.8, 4) is 6.07 Å². The van der Waals surface area contributed by atoms with Crippen molar-refractivity contribution in [3.05, 3.63) is 0 Å². The van der Waals surface area contributed by atoms with Crippen LogP contribution in [0.4, 0.5) is 0 Å². The van der Waals surface area contributed by atoms with Crippen molar-refractivity contribution in [1.82, 2.24) is 10.6 Å². The first-order chi connectivity index (χ1) is 7.65. The fourth-order valence-corrected chi connectivity index (χ4v) is 2.20. The van der Waals surface area contributed by atoms with Crippen molar-refractivity contribution >= 4 is 5.91 Å². The fourth-order valence-electron chi connectivity index (χ4n) is 2.20. The smallest absolute Gasteiger partial charge is 0.233 e. The molecule has 16 heavy (non-hydrogen) atoms. The zero-order valence-corrected chi connectivity index (χ0v) is 10.1. The van der Waals surface area contributed by atoms with Gasteiger partial charge in [0.1, 0.15) is 0 Å². The zero-order valence-electron chi connectivity index (χ0n) is 10.1. The molecule has 0 saturated heterocycles. The minimum absolute atomic E-state index is 0.0120. The largest absolute Gasteiger partial charge is 0.354 e. The lowest BCUT2D eigenvalue weighted by molar-refractivity contribution is -0.120.